The van der Waals surface area contributed by atoms with E-state index in [2.05, 4.69) is 91.9 Å². The molecule has 0 unspecified atom stereocenters. The van der Waals surface area contributed by atoms with E-state index in [1.54, 1.807) is 0 Å². The molecule has 0 N–H and O–H groups in total. The zero-order valence-corrected chi connectivity index (χ0v) is 14.4. The molecule has 0 fully saturated rings. The Morgan fingerprint density at radius 1 is 0.636 bits per heavy atom. The number of hydrogen-bond donors (Lipinski definition) is 0. The number of hydrogen-bond acceptors (Lipinski definition) is 0. The molecule has 22 heavy (non-hydrogen) atoms. The van der Waals surface area contributed by atoms with Gasteiger partial charge in [-0.2, -0.15) is 0 Å². The van der Waals surface area contributed by atoms with Crippen molar-refractivity contribution in [3.05, 3.63) is 90.5 Å². The molecule has 0 aliphatic rings. The fourth-order valence-corrected chi connectivity index (χ4v) is 5.16. The molecule has 0 aliphatic heterocycles. The van der Waals surface area contributed by atoms with Crippen molar-refractivity contribution in [3.63, 3.8) is 0 Å². The first kappa shape index (κ1) is 16.7. The lowest BCUT2D eigenvalue weighted by Gasteiger charge is -2.21. The summed E-state index contributed by atoms with van der Waals surface area (Å²) >= 11 is 0. The van der Waals surface area contributed by atoms with Crippen LogP contribution in [0.25, 0.3) is 0 Å². The third kappa shape index (κ3) is 3.58. The van der Waals surface area contributed by atoms with Crippen molar-refractivity contribution in [1.29, 1.82) is 0 Å². The highest BCUT2D eigenvalue weighted by Crippen LogP contribution is 2.33. The maximum absolute atomic E-state index is 2.30. The number of halogens is 1. The van der Waals surface area contributed by atoms with Crippen molar-refractivity contribution < 1.29 is 0 Å². The topological polar surface area (TPSA) is 0 Å². The van der Waals surface area contributed by atoms with Crippen LogP contribution in [0.4, 0.5) is 0 Å². The van der Waals surface area contributed by atoms with Gasteiger partial charge in [0.2, 0.25) is 0 Å². The quantitative estimate of drug-likeness (QED) is 0.622. The summed E-state index contributed by atoms with van der Waals surface area (Å²) in [4.78, 5) is 0. The molecule has 0 radical (unpaired) electrons. The molecule has 0 aromatic heterocycles. The highest BCUT2D eigenvalue weighted by molar-refractivity contribution is 7.79. The summed E-state index contributed by atoms with van der Waals surface area (Å²) in [5, 5.41) is 4.31. The molecule has 0 amide bonds. The fraction of sp³-hybridized carbons (Fsp3) is 0.100. The van der Waals surface area contributed by atoms with Gasteiger partial charge >= 0.3 is 0 Å². The third-order valence-corrected chi connectivity index (χ3v) is 6.19. The lowest BCUT2D eigenvalue weighted by molar-refractivity contribution is 1.15. The molecule has 0 atom stereocenters. The Kier molecular flexibility index (Phi) is 6.19. The number of benzene rings is 3. The molecular weight excluding hydrogens is 307 g/mol. The molecular formula is C20H20ClP. The van der Waals surface area contributed by atoms with E-state index in [4.69, 9.17) is 0 Å². The van der Waals surface area contributed by atoms with Crippen LogP contribution in [0.3, 0.4) is 0 Å². The first-order valence-electron chi connectivity index (χ1n) is 7.38. The first-order chi connectivity index (χ1) is 10.4. The Morgan fingerprint density at radius 2 is 1.09 bits per heavy atom. The van der Waals surface area contributed by atoms with Crippen LogP contribution in [0.15, 0.2) is 84.9 Å². The monoisotopic (exact) mass is 326 g/mol. The maximum Gasteiger partial charge on any atom is -0.0119 e. The van der Waals surface area contributed by atoms with Crippen LogP contribution in [-0.4, -0.2) is 0 Å². The number of aryl methyl sites for hydroxylation is 1. The second-order valence-electron chi connectivity index (χ2n) is 4.99. The lowest BCUT2D eigenvalue weighted by Crippen LogP contribution is -2.22. The van der Waals surface area contributed by atoms with E-state index >= 15 is 0 Å². The van der Waals surface area contributed by atoms with Gasteiger partial charge < -0.3 is 0 Å². The van der Waals surface area contributed by atoms with Crippen molar-refractivity contribution in [1.82, 2.24) is 0 Å². The van der Waals surface area contributed by atoms with Gasteiger partial charge in [-0.1, -0.05) is 91.9 Å². The van der Waals surface area contributed by atoms with Gasteiger partial charge in [0.15, 0.2) is 0 Å². The summed E-state index contributed by atoms with van der Waals surface area (Å²) in [7, 11) is -0.473. The summed E-state index contributed by atoms with van der Waals surface area (Å²) in [6, 6.07) is 30.6. The molecule has 0 bridgehead atoms. The van der Waals surface area contributed by atoms with Gasteiger partial charge in [0.1, 0.15) is 0 Å². The van der Waals surface area contributed by atoms with Crippen LogP contribution in [0, 0.1) is 0 Å². The van der Waals surface area contributed by atoms with E-state index in [-0.39, 0.29) is 12.4 Å². The lowest BCUT2D eigenvalue weighted by atomic mass is 10.2. The molecule has 112 valence electrons. The Labute approximate surface area is 140 Å². The van der Waals surface area contributed by atoms with Crippen molar-refractivity contribution in [2.45, 2.75) is 13.3 Å². The normalized spacial score (nSPS) is 10.3. The fourth-order valence-electron chi connectivity index (χ4n) is 2.61. The predicted octanol–water partition coefficient (Wildman–Crippen LogP) is 4.43. The third-order valence-electron chi connectivity index (χ3n) is 3.64. The standard InChI is InChI=1S/C20H19P.ClH/c1-2-17-11-9-10-16-20(17)21(18-12-5-3-6-13-18)19-14-7-4-8-15-19;/h3-16H,2H2,1H3;1H. The Hall–Kier alpha value is -1.62. The molecule has 0 nitrogen and oxygen atoms in total. The molecule has 0 spiro atoms. The molecule has 3 aromatic carbocycles. The second-order valence-corrected chi connectivity index (χ2v) is 7.17. The van der Waals surface area contributed by atoms with E-state index in [1.165, 1.54) is 21.5 Å². The summed E-state index contributed by atoms with van der Waals surface area (Å²) in [6.45, 7) is 2.24. The highest BCUT2D eigenvalue weighted by atomic mass is 35.5. The van der Waals surface area contributed by atoms with Gasteiger partial charge in [-0.05, 0) is 35.8 Å². The van der Waals surface area contributed by atoms with Gasteiger partial charge in [-0.25, -0.2) is 0 Å². The van der Waals surface area contributed by atoms with E-state index < -0.39 is 7.92 Å². The van der Waals surface area contributed by atoms with E-state index in [9.17, 15) is 0 Å². The predicted molar refractivity (Wildman–Crippen MR) is 102 cm³/mol. The van der Waals surface area contributed by atoms with Crippen LogP contribution in [0.2, 0.25) is 0 Å². The van der Waals surface area contributed by atoms with Crippen LogP contribution in [-0.2, 0) is 6.42 Å². The summed E-state index contributed by atoms with van der Waals surface area (Å²) < 4.78 is 0. The van der Waals surface area contributed by atoms with Gasteiger partial charge in [0.05, 0.1) is 0 Å². The van der Waals surface area contributed by atoms with Gasteiger partial charge in [0.25, 0.3) is 0 Å². The highest BCUT2D eigenvalue weighted by Gasteiger charge is 2.18. The molecule has 0 saturated carbocycles. The molecule has 0 saturated heterocycles. The van der Waals surface area contributed by atoms with Gasteiger partial charge in [-0.3, -0.25) is 0 Å². The van der Waals surface area contributed by atoms with Crippen molar-refractivity contribution in [3.8, 4) is 0 Å². The molecule has 0 aliphatic carbocycles. The van der Waals surface area contributed by atoms with Crippen LogP contribution < -0.4 is 15.9 Å². The maximum atomic E-state index is 2.30. The summed E-state index contributed by atoms with van der Waals surface area (Å²) in [5.74, 6) is 0. The Balaban J connectivity index is 0.00000176. The number of rotatable bonds is 4. The van der Waals surface area contributed by atoms with E-state index in [1.807, 2.05) is 0 Å². The van der Waals surface area contributed by atoms with Gasteiger partial charge in [-0.15, -0.1) is 12.4 Å². The first-order valence-corrected chi connectivity index (χ1v) is 8.72. The van der Waals surface area contributed by atoms with Crippen molar-refractivity contribution in [2.24, 2.45) is 0 Å². The minimum Gasteiger partial charge on any atom is -0.147 e. The SMILES string of the molecule is CCc1ccccc1P(c1ccccc1)c1ccccc1.Cl. The average molecular weight is 327 g/mol. The Morgan fingerprint density at radius 3 is 1.59 bits per heavy atom. The van der Waals surface area contributed by atoms with E-state index in [0.29, 0.717) is 0 Å². The van der Waals surface area contributed by atoms with Crippen LogP contribution in [0.1, 0.15) is 12.5 Å². The molecule has 0 heterocycles. The summed E-state index contributed by atoms with van der Waals surface area (Å²) in [6.07, 6.45) is 1.08. The van der Waals surface area contributed by atoms with E-state index in [0.717, 1.165) is 6.42 Å². The van der Waals surface area contributed by atoms with Crippen molar-refractivity contribution >= 4 is 36.2 Å². The van der Waals surface area contributed by atoms with Crippen LogP contribution in [0.5, 0.6) is 0 Å². The molecule has 3 aromatic rings. The minimum absolute atomic E-state index is 0. The smallest absolute Gasteiger partial charge is 0.0119 e. The molecule has 2 heteroatoms. The largest absolute Gasteiger partial charge is 0.147 e. The molecule has 3 rings (SSSR count). The average Bonchev–Trinajstić information content (AvgIpc) is 2.58. The minimum atomic E-state index is -0.473. The second kappa shape index (κ2) is 8.13. The Bertz CT molecular complexity index is 656. The summed E-state index contributed by atoms with van der Waals surface area (Å²) in [5.41, 5.74) is 1.45. The van der Waals surface area contributed by atoms with Gasteiger partial charge in [0, 0.05) is 0 Å². The zero-order valence-electron chi connectivity index (χ0n) is 12.6. The van der Waals surface area contributed by atoms with Crippen LogP contribution >= 0.6 is 20.3 Å². The van der Waals surface area contributed by atoms with Crippen molar-refractivity contribution in [2.75, 3.05) is 0 Å². The zero-order chi connectivity index (χ0) is 14.5.